The van der Waals surface area contributed by atoms with Crippen LogP contribution in [0.25, 0.3) is 0 Å². The van der Waals surface area contributed by atoms with Gasteiger partial charge in [0.1, 0.15) is 0 Å². The molecule has 2 rings (SSSR count). The van der Waals surface area contributed by atoms with E-state index in [2.05, 4.69) is 36.3 Å². The Morgan fingerprint density at radius 3 is 2.24 bits per heavy atom. The van der Waals surface area contributed by atoms with Crippen LogP contribution in [0.3, 0.4) is 0 Å². The zero-order valence-corrected chi connectivity index (χ0v) is 16.1. The van der Waals surface area contributed by atoms with Crippen LogP contribution in [0.4, 0.5) is 5.69 Å². The van der Waals surface area contributed by atoms with E-state index in [1.54, 1.807) is 0 Å². The van der Waals surface area contributed by atoms with Crippen LogP contribution in [-0.2, 0) is 15.0 Å². The second-order valence-corrected chi connectivity index (χ2v) is 8.21. The van der Waals surface area contributed by atoms with Crippen molar-refractivity contribution >= 4 is 17.5 Å². The van der Waals surface area contributed by atoms with Crippen LogP contribution in [0.15, 0.2) is 24.3 Å². The third kappa shape index (κ3) is 5.85. The minimum atomic E-state index is -0.198. The van der Waals surface area contributed by atoms with E-state index in [9.17, 15) is 9.59 Å². The van der Waals surface area contributed by atoms with E-state index in [-0.39, 0.29) is 29.1 Å². The predicted octanol–water partition coefficient (Wildman–Crippen LogP) is 2.63. The first-order valence-electron chi connectivity index (χ1n) is 9.02. The molecule has 1 aromatic carbocycles. The van der Waals surface area contributed by atoms with Gasteiger partial charge in [0.2, 0.25) is 11.8 Å². The zero-order chi connectivity index (χ0) is 18.6. The third-order valence-corrected chi connectivity index (χ3v) is 4.56. The summed E-state index contributed by atoms with van der Waals surface area (Å²) in [6, 6.07) is 7.93. The smallest absolute Gasteiger partial charge is 0.228 e. The molecule has 1 fully saturated rings. The molecule has 1 aliphatic rings. The molecule has 2 N–H and O–H groups in total. The van der Waals surface area contributed by atoms with Crippen molar-refractivity contribution in [2.24, 2.45) is 11.8 Å². The quantitative estimate of drug-likeness (QED) is 0.747. The molecule has 1 aromatic rings. The van der Waals surface area contributed by atoms with Crippen LogP contribution in [0.5, 0.6) is 0 Å². The summed E-state index contributed by atoms with van der Waals surface area (Å²) in [7, 11) is 4.02. The van der Waals surface area contributed by atoms with Crippen LogP contribution >= 0.6 is 0 Å². The fourth-order valence-electron chi connectivity index (χ4n) is 2.80. The number of anilines is 1. The molecular weight excluding hydrogens is 314 g/mol. The lowest BCUT2D eigenvalue weighted by Gasteiger charge is -2.19. The number of hydrogen-bond acceptors (Lipinski definition) is 3. The molecule has 138 valence electrons. The molecule has 0 heterocycles. The molecule has 2 atom stereocenters. The minimum absolute atomic E-state index is 0.00184. The molecule has 1 aliphatic carbocycles. The van der Waals surface area contributed by atoms with Gasteiger partial charge in [-0.05, 0) is 56.6 Å². The van der Waals surface area contributed by atoms with E-state index in [1.807, 2.05) is 38.4 Å². The normalized spacial score (nSPS) is 19.6. The van der Waals surface area contributed by atoms with Crippen LogP contribution in [0.1, 0.15) is 39.2 Å². The van der Waals surface area contributed by atoms with Gasteiger partial charge in [0, 0.05) is 12.2 Å². The molecule has 0 aliphatic heterocycles. The number of carbonyl (C=O) groups excluding carboxylic acids is 2. The largest absolute Gasteiger partial charge is 0.356 e. The highest BCUT2D eigenvalue weighted by Gasteiger charge is 2.47. The topological polar surface area (TPSA) is 61.4 Å². The minimum Gasteiger partial charge on any atom is -0.356 e. The molecule has 0 saturated heterocycles. The number of rotatable bonds is 7. The molecule has 2 amide bonds. The lowest BCUT2D eigenvalue weighted by atomic mass is 9.87. The second-order valence-electron chi connectivity index (χ2n) is 8.21. The van der Waals surface area contributed by atoms with Crippen molar-refractivity contribution in [3.63, 3.8) is 0 Å². The zero-order valence-electron chi connectivity index (χ0n) is 16.1. The van der Waals surface area contributed by atoms with E-state index in [0.29, 0.717) is 13.0 Å². The van der Waals surface area contributed by atoms with Crippen LogP contribution in [0.2, 0.25) is 0 Å². The molecule has 2 unspecified atom stereocenters. The number of hydrogen-bond donors (Lipinski definition) is 2. The van der Waals surface area contributed by atoms with E-state index in [4.69, 9.17) is 0 Å². The average molecular weight is 345 g/mol. The van der Waals surface area contributed by atoms with Gasteiger partial charge in [-0.2, -0.15) is 0 Å². The molecule has 0 aromatic heterocycles. The average Bonchev–Trinajstić information content (AvgIpc) is 3.31. The summed E-state index contributed by atoms with van der Waals surface area (Å²) in [5.74, 6) is -0.428. The van der Waals surface area contributed by atoms with Gasteiger partial charge in [0.05, 0.1) is 11.8 Å². The first-order chi connectivity index (χ1) is 11.7. The summed E-state index contributed by atoms with van der Waals surface area (Å²) in [6.45, 7) is 8.08. The summed E-state index contributed by atoms with van der Waals surface area (Å²) in [6.07, 6.45) is 1.56. The highest BCUT2D eigenvalue weighted by Crippen LogP contribution is 2.39. The highest BCUT2D eigenvalue weighted by molar-refractivity contribution is 5.99. The second kappa shape index (κ2) is 8.00. The Hall–Kier alpha value is -1.88. The number of amides is 2. The first kappa shape index (κ1) is 19.4. The van der Waals surface area contributed by atoms with Gasteiger partial charge in [-0.1, -0.05) is 32.9 Å². The molecule has 5 nitrogen and oxygen atoms in total. The van der Waals surface area contributed by atoms with E-state index in [0.717, 1.165) is 18.7 Å². The van der Waals surface area contributed by atoms with Crippen molar-refractivity contribution in [3.8, 4) is 0 Å². The van der Waals surface area contributed by atoms with E-state index < -0.39 is 0 Å². The molecular formula is C20H31N3O2. The number of benzene rings is 1. The molecule has 5 heteroatoms. The van der Waals surface area contributed by atoms with Gasteiger partial charge in [0.15, 0.2) is 0 Å². The van der Waals surface area contributed by atoms with E-state index >= 15 is 0 Å². The Kier molecular flexibility index (Phi) is 6.22. The van der Waals surface area contributed by atoms with Crippen molar-refractivity contribution < 1.29 is 9.59 Å². The Balaban J connectivity index is 1.76. The van der Waals surface area contributed by atoms with Gasteiger partial charge >= 0.3 is 0 Å². The summed E-state index contributed by atoms with van der Waals surface area (Å²) in [4.78, 5) is 26.4. The summed E-state index contributed by atoms with van der Waals surface area (Å²) in [5.41, 5.74) is 2.11. The van der Waals surface area contributed by atoms with E-state index in [1.165, 1.54) is 5.56 Å². The van der Waals surface area contributed by atoms with Gasteiger partial charge < -0.3 is 15.5 Å². The third-order valence-electron chi connectivity index (χ3n) is 4.56. The predicted molar refractivity (Wildman–Crippen MR) is 102 cm³/mol. The number of nitrogens with one attached hydrogen (secondary N) is 2. The van der Waals surface area contributed by atoms with Gasteiger partial charge in [-0.3, -0.25) is 9.59 Å². The maximum absolute atomic E-state index is 12.3. The van der Waals surface area contributed by atoms with Crippen LogP contribution in [0, 0.1) is 11.8 Å². The van der Waals surface area contributed by atoms with Crippen LogP contribution < -0.4 is 10.6 Å². The summed E-state index contributed by atoms with van der Waals surface area (Å²) >= 11 is 0. The first-order valence-corrected chi connectivity index (χ1v) is 9.02. The SMILES string of the molecule is CN(C)CCCNC(=O)C1CC1C(=O)Nc1ccc(C(C)(C)C)cc1. The maximum atomic E-state index is 12.3. The van der Waals surface area contributed by atoms with Crippen molar-refractivity contribution in [1.82, 2.24) is 10.2 Å². The lowest BCUT2D eigenvalue weighted by molar-refractivity contribution is -0.125. The summed E-state index contributed by atoms with van der Waals surface area (Å²) < 4.78 is 0. The molecule has 0 spiro atoms. The molecule has 1 saturated carbocycles. The Labute approximate surface area is 151 Å². The van der Waals surface area contributed by atoms with Gasteiger partial charge in [-0.15, -0.1) is 0 Å². The monoisotopic (exact) mass is 345 g/mol. The van der Waals surface area contributed by atoms with Gasteiger partial charge in [0.25, 0.3) is 0 Å². The summed E-state index contributed by atoms with van der Waals surface area (Å²) in [5, 5.41) is 5.85. The number of nitrogens with zero attached hydrogens (tertiary/aromatic N) is 1. The molecule has 0 bridgehead atoms. The molecule has 25 heavy (non-hydrogen) atoms. The fourth-order valence-corrected chi connectivity index (χ4v) is 2.80. The van der Waals surface area contributed by atoms with Crippen LogP contribution in [-0.4, -0.2) is 43.9 Å². The Morgan fingerprint density at radius 2 is 1.68 bits per heavy atom. The Bertz CT molecular complexity index is 602. The van der Waals surface area contributed by atoms with Gasteiger partial charge in [-0.25, -0.2) is 0 Å². The Morgan fingerprint density at radius 1 is 1.08 bits per heavy atom. The van der Waals surface area contributed by atoms with Crippen molar-refractivity contribution in [3.05, 3.63) is 29.8 Å². The van der Waals surface area contributed by atoms with Crippen molar-refractivity contribution in [1.29, 1.82) is 0 Å². The lowest BCUT2D eigenvalue weighted by Crippen LogP contribution is -2.30. The maximum Gasteiger partial charge on any atom is 0.228 e. The van der Waals surface area contributed by atoms with Crippen molar-refractivity contribution in [2.45, 2.75) is 39.0 Å². The fraction of sp³-hybridized carbons (Fsp3) is 0.600. The number of carbonyl (C=O) groups is 2. The molecule has 0 radical (unpaired) electrons. The van der Waals surface area contributed by atoms with Crippen molar-refractivity contribution in [2.75, 3.05) is 32.5 Å². The standard InChI is InChI=1S/C20H31N3O2/c1-20(2,3)14-7-9-15(10-8-14)22-19(25)17-13-16(17)18(24)21-11-6-12-23(4)5/h7-10,16-17H,6,11-13H2,1-5H3,(H,21,24)(H,22,25). The highest BCUT2D eigenvalue weighted by atomic mass is 16.2.